The summed E-state index contributed by atoms with van der Waals surface area (Å²) in [5.74, 6) is 0.223. The first kappa shape index (κ1) is 16.3. The number of nitrogens with two attached hydrogens (primary N) is 1. The van der Waals surface area contributed by atoms with Gasteiger partial charge in [0.05, 0.1) is 13.2 Å². The maximum Gasteiger partial charge on any atom is 0.230 e. The Bertz CT molecular complexity index is 725. The van der Waals surface area contributed by atoms with Crippen molar-refractivity contribution in [1.82, 2.24) is 19.7 Å². The molecule has 0 aliphatic carbocycles. The molecule has 126 valence electrons. The molecule has 0 unspecified atom stereocenters. The fourth-order valence-electron chi connectivity index (χ4n) is 2.48. The van der Waals surface area contributed by atoms with E-state index >= 15 is 0 Å². The Balaban J connectivity index is 2.12. The van der Waals surface area contributed by atoms with Gasteiger partial charge in [0.1, 0.15) is 28.3 Å². The number of ether oxygens (including phenoxy) is 2. The van der Waals surface area contributed by atoms with Crippen LogP contribution in [0.15, 0.2) is 4.60 Å². The molecule has 23 heavy (non-hydrogen) atoms. The molecule has 4 atom stereocenters. The molecule has 0 spiro atoms. The summed E-state index contributed by atoms with van der Waals surface area (Å²) < 4.78 is 12.6. The standard InChI is InChI=1S/C12H16BrN5O5/c1-2-22-10-5-8(13)17-18(9(5)15-12(14)16-10)11-7(21)6(20)4(3-19)23-11/h4,6-7,11,19-21H,2-3H2,1H3,(H2,14,15,16)/t4-,6-,7-,11-/m1/s1. The van der Waals surface area contributed by atoms with Crippen molar-refractivity contribution in [3.63, 3.8) is 0 Å². The number of anilines is 1. The molecule has 1 aliphatic heterocycles. The van der Waals surface area contributed by atoms with Crippen LogP contribution in [0.3, 0.4) is 0 Å². The van der Waals surface area contributed by atoms with Crippen molar-refractivity contribution < 1.29 is 24.8 Å². The van der Waals surface area contributed by atoms with Crippen molar-refractivity contribution in [1.29, 1.82) is 0 Å². The summed E-state index contributed by atoms with van der Waals surface area (Å²) in [6.45, 7) is 1.74. The number of halogens is 1. The van der Waals surface area contributed by atoms with Crippen molar-refractivity contribution in [2.75, 3.05) is 18.9 Å². The predicted octanol–water partition coefficient (Wildman–Crippen LogP) is -0.819. The Labute approximate surface area is 139 Å². The van der Waals surface area contributed by atoms with E-state index in [2.05, 4.69) is 31.0 Å². The average Bonchev–Trinajstić information content (AvgIpc) is 2.98. The molecule has 3 heterocycles. The van der Waals surface area contributed by atoms with E-state index in [1.165, 1.54) is 4.68 Å². The van der Waals surface area contributed by atoms with Crippen LogP contribution in [-0.2, 0) is 4.74 Å². The van der Waals surface area contributed by atoms with E-state index in [1.54, 1.807) is 6.92 Å². The van der Waals surface area contributed by atoms with Crippen LogP contribution in [0.4, 0.5) is 5.95 Å². The van der Waals surface area contributed by atoms with E-state index in [0.717, 1.165) is 0 Å². The van der Waals surface area contributed by atoms with E-state index in [-0.39, 0.29) is 17.5 Å². The number of fused-ring (bicyclic) bond motifs is 1. The Morgan fingerprint density at radius 3 is 2.70 bits per heavy atom. The van der Waals surface area contributed by atoms with Crippen molar-refractivity contribution in [2.45, 2.75) is 31.5 Å². The molecule has 0 radical (unpaired) electrons. The number of aliphatic hydroxyl groups is 3. The minimum atomic E-state index is -1.28. The van der Waals surface area contributed by atoms with Crippen molar-refractivity contribution in [3.8, 4) is 5.88 Å². The first-order chi connectivity index (χ1) is 11.0. The molecule has 2 aromatic heterocycles. The van der Waals surface area contributed by atoms with Gasteiger partial charge in [0.25, 0.3) is 0 Å². The van der Waals surface area contributed by atoms with Gasteiger partial charge in [-0.25, -0.2) is 4.68 Å². The number of rotatable bonds is 4. The Hall–Kier alpha value is -1.53. The second-order valence-electron chi connectivity index (χ2n) is 4.98. The second kappa shape index (κ2) is 6.17. The maximum atomic E-state index is 10.2. The fourth-order valence-corrected chi connectivity index (χ4v) is 3.00. The van der Waals surface area contributed by atoms with Crippen LogP contribution in [0.5, 0.6) is 5.88 Å². The molecule has 0 bridgehead atoms. The first-order valence-corrected chi connectivity index (χ1v) is 7.73. The summed E-state index contributed by atoms with van der Waals surface area (Å²) in [5, 5.41) is 33.9. The summed E-state index contributed by atoms with van der Waals surface area (Å²) in [6.07, 6.45) is -4.47. The Morgan fingerprint density at radius 1 is 1.35 bits per heavy atom. The molecule has 5 N–H and O–H groups in total. The predicted molar refractivity (Wildman–Crippen MR) is 81.6 cm³/mol. The minimum absolute atomic E-state index is 0.0265. The van der Waals surface area contributed by atoms with E-state index < -0.39 is 31.1 Å². The van der Waals surface area contributed by atoms with Crippen LogP contribution in [0.2, 0.25) is 0 Å². The third-order valence-corrected chi connectivity index (χ3v) is 4.09. The van der Waals surface area contributed by atoms with Crippen molar-refractivity contribution in [3.05, 3.63) is 4.60 Å². The largest absolute Gasteiger partial charge is 0.477 e. The summed E-state index contributed by atoms with van der Waals surface area (Å²) in [4.78, 5) is 8.14. The van der Waals surface area contributed by atoms with Gasteiger partial charge in [-0.15, -0.1) is 0 Å². The van der Waals surface area contributed by atoms with Crippen molar-refractivity contribution >= 4 is 32.9 Å². The quantitative estimate of drug-likeness (QED) is 0.525. The first-order valence-electron chi connectivity index (χ1n) is 6.94. The highest BCUT2D eigenvalue weighted by Gasteiger charge is 2.44. The zero-order chi connectivity index (χ0) is 16.7. The summed E-state index contributed by atoms with van der Waals surface area (Å²) in [5.41, 5.74) is 5.98. The highest BCUT2D eigenvalue weighted by molar-refractivity contribution is 9.10. The van der Waals surface area contributed by atoms with Gasteiger partial charge in [0, 0.05) is 0 Å². The van der Waals surface area contributed by atoms with Gasteiger partial charge in [0.15, 0.2) is 11.9 Å². The number of aliphatic hydroxyl groups excluding tert-OH is 3. The van der Waals surface area contributed by atoms with Gasteiger partial charge in [-0.05, 0) is 22.9 Å². The number of hydrogen-bond donors (Lipinski definition) is 4. The average molecular weight is 390 g/mol. The molecule has 0 amide bonds. The van der Waals surface area contributed by atoms with Gasteiger partial charge in [-0.1, -0.05) is 0 Å². The van der Waals surface area contributed by atoms with E-state index in [4.69, 9.17) is 15.2 Å². The molecular weight excluding hydrogens is 374 g/mol. The van der Waals surface area contributed by atoms with E-state index in [1.807, 2.05) is 0 Å². The van der Waals surface area contributed by atoms with Gasteiger partial charge < -0.3 is 30.5 Å². The van der Waals surface area contributed by atoms with Crippen LogP contribution in [-0.4, -0.2) is 66.6 Å². The minimum Gasteiger partial charge on any atom is -0.477 e. The molecule has 0 saturated carbocycles. The molecule has 1 aliphatic rings. The number of nitrogen functional groups attached to an aromatic ring is 1. The topological polar surface area (TPSA) is 149 Å². The molecular formula is C12H16BrN5O5. The second-order valence-corrected chi connectivity index (χ2v) is 5.73. The van der Waals surface area contributed by atoms with Crippen LogP contribution in [0.25, 0.3) is 11.0 Å². The SMILES string of the molecule is CCOc1nc(N)nc2c1c(Br)nn2[C@@H]1O[C@H](CO)[C@@H](O)[C@H]1O. The molecule has 3 rings (SSSR count). The van der Waals surface area contributed by atoms with Gasteiger partial charge in [0.2, 0.25) is 11.8 Å². The normalized spacial score (nSPS) is 27.7. The third-order valence-electron chi connectivity index (χ3n) is 3.53. The van der Waals surface area contributed by atoms with E-state index in [0.29, 0.717) is 16.6 Å². The smallest absolute Gasteiger partial charge is 0.230 e. The lowest BCUT2D eigenvalue weighted by Gasteiger charge is -2.15. The van der Waals surface area contributed by atoms with Gasteiger partial charge >= 0.3 is 0 Å². The van der Waals surface area contributed by atoms with Crippen molar-refractivity contribution in [2.24, 2.45) is 0 Å². The Kier molecular flexibility index (Phi) is 4.38. The van der Waals surface area contributed by atoms with Crippen LogP contribution in [0.1, 0.15) is 13.2 Å². The summed E-state index contributed by atoms with van der Waals surface area (Å²) in [6, 6.07) is 0. The fraction of sp³-hybridized carbons (Fsp3) is 0.583. The molecule has 11 heteroatoms. The van der Waals surface area contributed by atoms with Crippen LogP contribution in [0, 0.1) is 0 Å². The lowest BCUT2D eigenvalue weighted by atomic mass is 10.1. The number of nitrogens with zero attached hydrogens (tertiary/aromatic N) is 4. The summed E-state index contributed by atoms with van der Waals surface area (Å²) in [7, 11) is 0. The summed E-state index contributed by atoms with van der Waals surface area (Å²) >= 11 is 3.30. The lowest BCUT2D eigenvalue weighted by molar-refractivity contribution is -0.0567. The molecule has 1 fully saturated rings. The van der Waals surface area contributed by atoms with Gasteiger partial charge in [-0.3, -0.25) is 0 Å². The van der Waals surface area contributed by atoms with Crippen LogP contribution < -0.4 is 10.5 Å². The Morgan fingerprint density at radius 2 is 2.09 bits per heavy atom. The zero-order valence-electron chi connectivity index (χ0n) is 12.1. The van der Waals surface area contributed by atoms with Gasteiger partial charge in [-0.2, -0.15) is 15.1 Å². The molecule has 0 aromatic carbocycles. The number of aromatic nitrogens is 4. The molecule has 1 saturated heterocycles. The third kappa shape index (κ3) is 2.64. The molecule has 10 nitrogen and oxygen atoms in total. The monoisotopic (exact) mass is 389 g/mol. The number of hydrogen-bond acceptors (Lipinski definition) is 9. The lowest BCUT2D eigenvalue weighted by Crippen LogP contribution is -2.33. The zero-order valence-corrected chi connectivity index (χ0v) is 13.7. The molecule has 2 aromatic rings. The maximum absolute atomic E-state index is 10.2. The van der Waals surface area contributed by atoms with E-state index in [9.17, 15) is 15.3 Å². The highest BCUT2D eigenvalue weighted by Crippen LogP contribution is 2.36. The van der Waals surface area contributed by atoms with Crippen LogP contribution >= 0.6 is 15.9 Å². The highest BCUT2D eigenvalue weighted by atomic mass is 79.9.